The van der Waals surface area contributed by atoms with Gasteiger partial charge in [-0.1, -0.05) is 6.07 Å². The molecule has 58 valence electrons. The summed E-state index contributed by atoms with van der Waals surface area (Å²) in [6, 6.07) is 5.22. The van der Waals surface area contributed by atoms with E-state index in [2.05, 4.69) is 9.72 Å². The Balaban J connectivity index is 2.45. The van der Waals surface area contributed by atoms with Gasteiger partial charge in [-0.05, 0) is 12.1 Å². The largest absolute Gasteiger partial charge is 0.506 e. The number of carboxylic acid groups (broad SMARTS) is 1. The van der Waals surface area contributed by atoms with E-state index in [0.29, 0.717) is 5.69 Å². The minimum absolute atomic E-state index is 0.0101. The van der Waals surface area contributed by atoms with Gasteiger partial charge in [0, 0.05) is 6.20 Å². The Morgan fingerprint density at radius 2 is 2.45 bits per heavy atom. The Morgan fingerprint density at radius 3 is 3.00 bits per heavy atom. The van der Waals surface area contributed by atoms with E-state index in [0.717, 1.165) is 0 Å². The number of ether oxygens (including phenoxy) is 1. The first-order valence-electron chi connectivity index (χ1n) is 3.04. The molecular formula is C7H7NO3. The van der Waals surface area contributed by atoms with Crippen molar-refractivity contribution >= 4 is 6.16 Å². The highest BCUT2D eigenvalue weighted by molar-refractivity contribution is 5.56. The first kappa shape index (κ1) is 7.53. The van der Waals surface area contributed by atoms with Gasteiger partial charge in [-0.3, -0.25) is 4.98 Å². The molecule has 0 unspecified atom stereocenters. The molecule has 1 rings (SSSR count). The van der Waals surface area contributed by atoms with Crippen LogP contribution in [0, 0.1) is 0 Å². The maximum absolute atomic E-state index is 9.92. The molecule has 4 nitrogen and oxygen atoms in total. The zero-order chi connectivity index (χ0) is 8.10. The van der Waals surface area contributed by atoms with E-state index in [4.69, 9.17) is 5.11 Å². The van der Waals surface area contributed by atoms with E-state index in [1.165, 1.54) is 0 Å². The van der Waals surface area contributed by atoms with Crippen LogP contribution in [0.2, 0.25) is 0 Å². The van der Waals surface area contributed by atoms with Gasteiger partial charge in [0.25, 0.3) is 0 Å². The third kappa shape index (κ3) is 2.66. The van der Waals surface area contributed by atoms with Gasteiger partial charge in [0.15, 0.2) is 0 Å². The fourth-order valence-electron chi connectivity index (χ4n) is 0.619. The van der Waals surface area contributed by atoms with E-state index in [1.54, 1.807) is 24.4 Å². The molecule has 0 aliphatic rings. The standard InChI is InChI=1S/C7H7NO3/c9-7(10)11-5-6-3-1-2-4-8-6/h1-4H,5H2,(H,9,10). The molecule has 0 fully saturated rings. The van der Waals surface area contributed by atoms with Crippen molar-refractivity contribution in [3.63, 3.8) is 0 Å². The molecule has 1 heterocycles. The van der Waals surface area contributed by atoms with Crippen LogP contribution in [-0.4, -0.2) is 16.2 Å². The number of carbonyl (C=O) groups is 1. The number of hydrogen-bond acceptors (Lipinski definition) is 3. The smallest absolute Gasteiger partial charge is 0.450 e. The number of pyridine rings is 1. The maximum atomic E-state index is 9.92. The molecule has 0 bridgehead atoms. The van der Waals surface area contributed by atoms with Gasteiger partial charge in [0.05, 0.1) is 5.69 Å². The van der Waals surface area contributed by atoms with Gasteiger partial charge in [-0.25, -0.2) is 4.79 Å². The fraction of sp³-hybridized carbons (Fsp3) is 0.143. The summed E-state index contributed by atoms with van der Waals surface area (Å²) in [4.78, 5) is 13.8. The second-order valence-corrected chi connectivity index (χ2v) is 1.88. The molecule has 1 N–H and O–H groups in total. The molecule has 4 heteroatoms. The molecular weight excluding hydrogens is 146 g/mol. The van der Waals surface area contributed by atoms with Crippen LogP contribution < -0.4 is 0 Å². The van der Waals surface area contributed by atoms with Crippen molar-refractivity contribution in [2.24, 2.45) is 0 Å². The molecule has 0 spiro atoms. The third-order valence-corrected chi connectivity index (χ3v) is 1.07. The van der Waals surface area contributed by atoms with Crippen molar-refractivity contribution in [2.45, 2.75) is 6.61 Å². The lowest BCUT2D eigenvalue weighted by Gasteiger charge is -1.97. The van der Waals surface area contributed by atoms with Crippen molar-refractivity contribution in [2.75, 3.05) is 0 Å². The minimum atomic E-state index is -1.28. The minimum Gasteiger partial charge on any atom is -0.450 e. The summed E-state index contributed by atoms with van der Waals surface area (Å²) >= 11 is 0. The molecule has 1 aromatic heterocycles. The highest BCUT2D eigenvalue weighted by Gasteiger charge is 1.97. The van der Waals surface area contributed by atoms with Gasteiger partial charge in [-0.15, -0.1) is 0 Å². The average molecular weight is 153 g/mol. The summed E-state index contributed by atoms with van der Waals surface area (Å²) in [7, 11) is 0. The molecule has 1 aromatic rings. The Morgan fingerprint density at radius 1 is 1.64 bits per heavy atom. The number of hydrogen-bond donors (Lipinski definition) is 1. The highest BCUT2D eigenvalue weighted by Crippen LogP contribution is 1.95. The van der Waals surface area contributed by atoms with Gasteiger partial charge in [-0.2, -0.15) is 0 Å². The SMILES string of the molecule is O=C(O)OCc1ccccn1. The predicted molar refractivity (Wildman–Crippen MR) is 37.1 cm³/mol. The summed E-state index contributed by atoms with van der Waals surface area (Å²) in [5.74, 6) is 0. The molecule has 0 atom stereocenters. The molecule has 0 saturated carbocycles. The Hall–Kier alpha value is -1.58. The van der Waals surface area contributed by atoms with Crippen molar-refractivity contribution < 1.29 is 14.6 Å². The van der Waals surface area contributed by atoms with Crippen molar-refractivity contribution in [3.05, 3.63) is 30.1 Å². The van der Waals surface area contributed by atoms with Crippen LogP contribution in [0.4, 0.5) is 4.79 Å². The van der Waals surface area contributed by atoms with Gasteiger partial charge < -0.3 is 9.84 Å². The molecule has 0 aliphatic heterocycles. The van der Waals surface area contributed by atoms with Crippen LogP contribution in [0.1, 0.15) is 5.69 Å². The number of aromatic nitrogens is 1. The molecule has 0 aromatic carbocycles. The van der Waals surface area contributed by atoms with Crippen molar-refractivity contribution in [1.29, 1.82) is 0 Å². The molecule has 0 amide bonds. The fourth-order valence-corrected chi connectivity index (χ4v) is 0.619. The van der Waals surface area contributed by atoms with Crippen LogP contribution in [0.3, 0.4) is 0 Å². The van der Waals surface area contributed by atoms with Crippen molar-refractivity contribution in [3.8, 4) is 0 Å². The van der Waals surface area contributed by atoms with Gasteiger partial charge in [0.1, 0.15) is 6.61 Å². The lowest BCUT2D eigenvalue weighted by Crippen LogP contribution is -2.00. The summed E-state index contributed by atoms with van der Waals surface area (Å²) in [6.45, 7) is 0.0101. The Kier molecular flexibility index (Phi) is 2.43. The summed E-state index contributed by atoms with van der Waals surface area (Å²) in [6.07, 6.45) is 0.302. The summed E-state index contributed by atoms with van der Waals surface area (Å²) < 4.78 is 4.28. The topological polar surface area (TPSA) is 59.4 Å². The average Bonchev–Trinajstić information content (AvgIpc) is 2.03. The lowest BCUT2D eigenvalue weighted by molar-refractivity contribution is 0.0843. The molecule has 0 radical (unpaired) electrons. The van der Waals surface area contributed by atoms with Crippen LogP contribution >= 0.6 is 0 Å². The molecule has 0 saturated heterocycles. The maximum Gasteiger partial charge on any atom is 0.506 e. The molecule has 11 heavy (non-hydrogen) atoms. The van der Waals surface area contributed by atoms with E-state index in [-0.39, 0.29) is 6.61 Å². The van der Waals surface area contributed by atoms with Crippen molar-refractivity contribution in [1.82, 2.24) is 4.98 Å². The van der Waals surface area contributed by atoms with Crippen LogP contribution in [0.25, 0.3) is 0 Å². The highest BCUT2D eigenvalue weighted by atomic mass is 16.7. The van der Waals surface area contributed by atoms with E-state index >= 15 is 0 Å². The second-order valence-electron chi connectivity index (χ2n) is 1.88. The van der Waals surface area contributed by atoms with Crippen LogP contribution in [0.5, 0.6) is 0 Å². The first-order valence-corrected chi connectivity index (χ1v) is 3.04. The predicted octanol–water partition coefficient (Wildman–Crippen LogP) is 1.28. The zero-order valence-electron chi connectivity index (χ0n) is 5.73. The van der Waals surface area contributed by atoms with Gasteiger partial charge >= 0.3 is 6.16 Å². The zero-order valence-corrected chi connectivity index (χ0v) is 5.73. The number of nitrogens with zero attached hydrogens (tertiary/aromatic N) is 1. The van der Waals surface area contributed by atoms with Crippen LogP contribution in [0.15, 0.2) is 24.4 Å². The van der Waals surface area contributed by atoms with E-state index in [9.17, 15) is 4.79 Å². The second kappa shape index (κ2) is 3.55. The Labute approximate surface area is 63.5 Å². The quantitative estimate of drug-likeness (QED) is 0.650. The van der Waals surface area contributed by atoms with Gasteiger partial charge in [0.2, 0.25) is 0 Å². The molecule has 0 aliphatic carbocycles. The monoisotopic (exact) mass is 153 g/mol. The summed E-state index contributed by atoms with van der Waals surface area (Å²) in [5, 5.41) is 8.12. The number of rotatable bonds is 2. The van der Waals surface area contributed by atoms with Crippen LogP contribution in [-0.2, 0) is 11.3 Å². The van der Waals surface area contributed by atoms with E-state index in [1.807, 2.05) is 0 Å². The first-order chi connectivity index (χ1) is 5.29. The Bertz CT molecular complexity index is 235. The summed E-state index contributed by atoms with van der Waals surface area (Å²) in [5.41, 5.74) is 0.606. The third-order valence-electron chi connectivity index (χ3n) is 1.07. The lowest BCUT2D eigenvalue weighted by atomic mass is 10.4. The normalized spacial score (nSPS) is 9.09. The van der Waals surface area contributed by atoms with E-state index < -0.39 is 6.16 Å².